The largest absolute Gasteiger partial charge is 0.464 e. The van der Waals surface area contributed by atoms with Crippen LogP contribution in [-0.4, -0.2) is 12.4 Å². The zero-order valence-corrected chi connectivity index (χ0v) is 15.6. The smallest absolute Gasteiger partial charge is 0.202 e. The quantitative estimate of drug-likeness (QED) is 0.556. The molecule has 23 heavy (non-hydrogen) atoms. The maximum absolute atomic E-state index is 6.29. The summed E-state index contributed by atoms with van der Waals surface area (Å²) in [6.07, 6.45) is 7.68. The van der Waals surface area contributed by atoms with Crippen LogP contribution in [0.25, 0.3) is 0 Å². The molecule has 1 aliphatic carbocycles. The predicted octanol–water partition coefficient (Wildman–Crippen LogP) is 6.22. The highest BCUT2D eigenvalue weighted by Gasteiger charge is 2.23. The van der Waals surface area contributed by atoms with Gasteiger partial charge in [-0.2, -0.15) is 0 Å². The van der Waals surface area contributed by atoms with E-state index in [0.717, 1.165) is 5.75 Å². The van der Waals surface area contributed by atoms with E-state index < -0.39 is 0 Å². The Morgan fingerprint density at radius 2 is 1.78 bits per heavy atom. The number of rotatable bonds is 7. The molecule has 2 nitrogen and oxygen atoms in total. The number of benzene rings is 1. The molecule has 1 saturated carbocycles. The molecular weight excluding hydrogens is 284 g/mol. The van der Waals surface area contributed by atoms with E-state index in [1.54, 1.807) is 0 Å². The van der Waals surface area contributed by atoms with E-state index >= 15 is 0 Å². The van der Waals surface area contributed by atoms with Crippen molar-refractivity contribution < 1.29 is 9.47 Å². The van der Waals surface area contributed by atoms with Gasteiger partial charge in [0.1, 0.15) is 5.75 Å². The van der Waals surface area contributed by atoms with E-state index in [4.69, 9.17) is 9.47 Å². The van der Waals surface area contributed by atoms with Gasteiger partial charge in [0.25, 0.3) is 0 Å². The summed E-state index contributed by atoms with van der Waals surface area (Å²) in [6.45, 7) is 11.0. The Hall–Kier alpha value is -1.02. The second-order valence-electron chi connectivity index (χ2n) is 7.46. The van der Waals surface area contributed by atoms with E-state index in [1.165, 1.54) is 49.7 Å². The first kappa shape index (κ1) is 18.3. The van der Waals surface area contributed by atoms with Crippen LogP contribution < -0.4 is 4.74 Å². The summed E-state index contributed by atoms with van der Waals surface area (Å²) in [5, 5.41) is 0. The number of hydrogen-bond donors (Lipinski definition) is 0. The monoisotopic (exact) mass is 318 g/mol. The van der Waals surface area contributed by atoms with Crippen molar-refractivity contribution in [3.05, 3.63) is 29.3 Å². The number of aryl methyl sites for hydroxylation is 1. The van der Waals surface area contributed by atoms with E-state index in [1.807, 2.05) is 0 Å². The number of hydrogen-bond acceptors (Lipinski definition) is 2. The number of ether oxygens (including phenoxy) is 2. The van der Waals surface area contributed by atoms with Crippen molar-refractivity contribution in [2.24, 2.45) is 5.92 Å². The summed E-state index contributed by atoms with van der Waals surface area (Å²) in [4.78, 5) is 0. The third-order valence-electron chi connectivity index (χ3n) is 5.05. The molecule has 2 rings (SSSR count). The first-order valence-corrected chi connectivity index (χ1v) is 9.44. The zero-order chi connectivity index (χ0) is 16.8. The fraction of sp³-hybridized carbons (Fsp3) is 0.714. The molecule has 0 radical (unpaired) electrons. The van der Waals surface area contributed by atoms with Gasteiger partial charge in [0.05, 0.1) is 6.10 Å². The molecule has 2 atom stereocenters. The molecule has 0 aliphatic heterocycles. The highest BCUT2D eigenvalue weighted by Crippen LogP contribution is 2.29. The average molecular weight is 319 g/mol. The van der Waals surface area contributed by atoms with Gasteiger partial charge in [-0.25, -0.2) is 0 Å². The van der Waals surface area contributed by atoms with Crippen molar-refractivity contribution in [2.75, 3.05) is 0 Å². The van der Waals surface area contributed by atoms with Crippen LogP contribution in [0.1, 0.15) is 83.3 Å². The van der Waals surface area contributed by atoms with Gasteiger partial charge in [-0.15, -0.1) is 0 Å². The molecule has 1 fully saturated rings. The van der Waals surface area contributed by atoms with Crippen molar-refractivity contribution in [3.63, 3.8) is 0 Å². The molecule has 0 bridgehead atoms. The maximum Gasteiger partial charge on any atom is 0.202 e. The van der Waals surface area contributed by atoms with Gasteiger partial charge >= 0.3 is 0 Å². The minimum absolute atomic E-state index is 0.147. The summed E-state index contributed by atoms with van der Waals surface area (Å²) in [6, 6.07) is 6.59. The third-order valence-corrected chi connectivity index (χ3v) is 5.05. The van der Waals surface area contributed by atoms with Gasteiger partial charge in [-0.05, 0) is 49.3 Å². The van der Waals surface area contributed by atoms with Crippen molar-refractivity contribution in [1.82, 2.24) is 0 Å². The second-order valence-corrected chi connectivity index (χ2v) is 7.46. The molecule has 0 spiro atoms. The lowest BCUT2D eigenvalue weighted by molar-refractivity contribution is -0.150. The van der Waals surface area contributed by atoms with E-state index in [2.05, 4.69) is 52.8 Å². The molecule has 2 unspecified atom stereocenters. The fourth-order valence-electron chi connectivity index (χ4n) is 3.18. The van der Waals surface area contributed by atoms with Gasteiger partial charge < -0.3 is 9.47 Å². The van der Waals surface area contributed by atoms with E-state index in [0.29, 0.717) is 17.9 Å². The average Bonchev–Trinajstić information content (AvgIpc) is 2.55. The molecule has 2 heteroatoms. The Kier molecular flexibility index (Phi) is 6.95. The maximum atomic E-state index is 6.29. The van der Waals surface area contributed by atoms with E-state index in [-0.39, 0.29) is 6.29 Å². The highest BCUT2D eigenvalue weighted by molar-refractivity contribution is 5.37. The molecule has 0 saturated heterocycles. The zero-order valence-electron chi connectivity index (χ0n) is 15.6. The van der Waals surface area contributed by atoms with Gasteiger partial charge in [0.2, 0.25) is 6.29 Å². The van der Waals surface area contributed by atoms with Crippen LogP contribution >= 0.6 is 0 Å². The van der Waals surface area contributed by atoms with Crippen LogP contribution in [0, 0.1) is 12.8 Å². The molecule has 0 N–H and O–H groups in total. The molecule has 130 valence electrons. The van der Waals surface area contributed by atoms with Crippen molar-refractivity contribution in [1.29, 1.82) is 0 Å². The SMILES string of the molecule is CCC(C)c1ccc(OC(OC2CCCCC2)C(C)C)c(C)c1. The Balaban J connectivity index is 2.04. The standard InChI is InChI=1S/C21H34O2/c1-6-16(4)18-12-13-20(17(5)14-18)23-21(15(2)3)22-19-10-8-7-9-11-19/h12-16,19,21H,6-11H2,1-5H3. The second kappa shape index (κ2) is 8.73. The Bertz CT molecular complexity index is 475. The van der Waals surface area contributed by atoms with Crippen molar-refractivity contribution in [2.45, 2.75) is 91.5 Å². The van der Waals surface area contributed by atoms with Crippen LogP contribution in [0.5, 0.6) is 5.75 Å². The lowest BCUT2D eigenvalue weighted by Crippen LogP contribution is -2.32. The van der Waals surface area contributed by atoms with Crippen LogP contribution in [-0.2, 0) is 4.74 Å². The topological polar surface area (TPSA) is 18.5 Å². The fourth-order valence-corrected chi connectivity index (χ4v) is 3.18. The molecule has 0 amide bonds. The lowest BCUT2D eigenvalue weighted by Gasteiger charge is -2.30. The van der Waals surface area contributed by atoms with E-state index in [9.17, 15) is 0 Å². The minimum atomic E-state index is -0.147. The summed E-state index contributed by atoms with van der Waals surface area (Å²) in [7, 11) is 0. The third kappa shape index (κ3) is 5.24. The Morgan fingerprint density at radius 3 is 2.35 bits per heavy atom. The van der Waals surface area contributed by atoms with Gasteiger partial charge in [0.15, 0.2) is 0 Å². The first-order chi connectivity index (χ1) is 11.0. The van der Waals surface area contributed by atoms with Gasteiger partial charge in [0, 0.05) is 5.92 Å². The highest BCUT2D eigenvalue weighted by atomic mass is 16.7. The van der Waals surface area contributed by atoms with Crippen LogP contribution in [0.3, 0.4) is 0 Å². The summed E-state index contributed by atoms with van der Waals surface area (Å²) in [5.74, 6) is 1.92. The summed E-state index contributed by atoms with van der Waals surface area (Å²) >= 11 is 0. The molecule has 1 aromatic carbocycles. The van der Waals surface area contributed by atoms with Crippen molar-refractivity contribution >= 4 is 0 Å². The molecule has 1 aromatic rings. The molecular formula is C21H34O2. The Morgan fingerprint density at radius 1 is 1.09 bits per heavy atom. The van der Waals surface area contributed by atoms with Crippen molar-refractivity contribution in [3.8, 4) is 5.75 Å². The lowest BCUT2D eigenvalue weighted by atomic mass is 9.97. The minimum Gasteiger partial charge on any atom is -0.464 e. The Labute approximate surface area is 142 Å². The summed E-state index contributed by atoms with van der Waals surface area (Å²) in [5.41, 5.74) is 2.60. The van der Waals surface area contributed by atoms with Gasteiger partial charge in [-0.3, -0.25) is 0 Å². The first-order valence-electron chi connectivity index (χ1n) is 9.44. The van der Waals surface area contributed by atoms with Crippen LogP contribution in [0.15, 0.2) is 18.2 Å². The predicted molar refractivity (Wildman–Crippen MR) is 97.1 cm³/mol. The molecule has 0 heterocycles. The summed E-state index contributed by atoms with van der Waals surface area (Å²) < 4.78 is 12.5. The molecule has 1 aliphatic rings. The van der Waals surface area contributed by atoms with Crippen LogP contribution in [0.2, 0.25) is 0 Å². The normalized spacial score (nSPS) is 18.9. The van der Waals surface area contributed by atoms with Gasteiger partial charge in [-0.1, -0.05) is 59.1 Å². The molecule has 0 aromatic heterocycles. The van der Waals surface area contributed by atoms with Crippen LogP contribution in [0.4, 0.5) is 0 Å².